The van der Waals surface area contributed by atoms with Crippen LogP contribution in [0.15, 0.2) is 54.6 Å². The fraction of sp³-hybridized carbons (Fsp3) is 0.211. The van der Waals surface area contributed by atoms with Crippen molar-refractivity contribution in [3.63, 3.8) is 0 Å². The van der Waals surface area contributed by atoms with Gasteiger partial charge in [0.2, 0.25) is 5.91 Å². The zero-order chi connectivity index (χ0) is 18.2. The first kappa shape index (κ1) is 18.6. The summed E-state index contributed by atoms with van der Waals surface area (Å²) in [5, 5.41) is 8.60. The third-order valence-electron chi connectivity index (χ3n) is 3.44. The summed E-state index contributed by atoms with van der Waals surface area (Å²) in [5.74, 6) is -0.492. The van der Waals surface area contributed by atoms with Gasteiger partial charge in [0.25, 0.3) is 5.91 Å². The molecule has 0 aliphatic carbocycles. The molecule has 0 atom stereocenters. The van der Waals surface area contributed by atoms with Gasteiger partial charge in [-0.05, 0) is 36.0 Å². The Bertz CT molecular complexity index is 760. The van der Waals surface area contributed by atoms with Crippen LogP contribution in [0.5, 0.6) is 0 Å². The minimum atomic E-state index is -0.176. The Morgan fingerprint density at radius 2 is 1.76 bits per heavy atom. The van der Waals surface area contributed by atoms with E-state index in [4.69, 9.17) is 12.2 Å². The molecule has 6 heteroatoms. The highest BCUT2D eigenvalue weighted by Crippen LogP contribution is 2.11. The summed E-state index contributed by atoms with van der Waals surface area (Å²) in [7, 11) is 0. The fourth-order valence-corrected chi connectivity index (χ4v) is 2.26. The number of carbonyl (C=O) groups excluding carboxylic acids is 2. The largest absolute Gasteiger partial charge is 0.348 e. The van der Waals surface area contributed by atoms with Gasteiger partial charge in [-0.25, -0.2) is 0 Å². The van der Waals surface area contributed by atoms with E-state index in [-0.39, 0.29) is 22.8 Å². The van der Waals surface area contributed by atoms with E-state index in [1.807, 2.05) is 30.3 Å². The molecule has 0 aliphatic rings. The van der Waals surface area contributed by atoms with Crippen molar-refractivity contribution in [1.29, 1.82) is 0 Å². The van der Waals surface area contributed by atoms with Gasteiger partial charge in [0, 0.05) is 23.7 Å². The number of hydrogen-bond acceptors (Lipinski definition) is 3. The number of amides is 2. The van der Waals surface area contributed by atoms with Gasteiger partial charge in [-0.2, -0.15) is 0 Å². The molecule has 25 heavy (non-hydrogen) atoms. The summed E-state index contributed by atoms with van der Waals surface area (Å²) in [4.78, 5) is 23.9. The topological polar surface area (TPSA) is 70.2 Å². The maximum Gasteiger partial charge on any atom is 0.251 e. The summed E-state index contributed by atoms with van der Waals surface area (Å²) >= 11 is 5.11. The van der Waals surface area contributed by atoms with E-state index in [1.165, 1.54) is 0 Å². The lowest BCUT2D eigenvalue weighted by molar-refractivity contribution is -0.122. The number of benzene rings is 2. The maximum absolute atomic E-state index is 12.3. The van der Waals surface area contributed by atoms with Crippen molar-refractivity contribution in [3.05, 3.63) is 65.7 Å². The van der Waals surface area contributed by atoms with Gasteiger partial charge in [-0.3, -0.25) is 9.59 Å². The van der Waals surface area contributed by atoms with E-state index in [0.29, 0.717) is 17.8 Å². The molecule has 0 saturated heterocycles. The Morgan fingerprint density at radius 1 is 1.04 bits per heavy atom. The average Bonchev–Trinajstić information content (AvgIpc) is 2.60. The highest BCUT2D eigenvalue weighted by atomic mass is 32.1. The number of hydrogen-bond donors (Lipinski definition) is 3. The average molecular weight is 355 g/mol. The van der Waals surface area contributed by atoms with E-state index in [0.717, 1.165) is 5.56 Å². The lowest BCUT2D eigenvalue weighted by Gasteiger charge is -2.12. The van der Waals surface area contributed by atoms with Gasteiger partial charge in [0.15, 0.2) is 5.11 Å². The van der Waals surface area contributed by atoms with Crippen molar-refractivity contribution in [2.24, 2.45) is 5.92 Å². The Kier molecular flexibility index (Phi) is 6.65. The molecular formula is C19H21N3O2S. The summed E-state index contributed by atoms with van der Waals surface area (Å²) in [6.45, 7) is 4.03. The van der Waals surface area contributed by atoms with Crippen LogP contribution < -0.4 is 16.0 Å². The Morgan fingerprint density at radius 3 is 2.44 bits per heavy atom. The van der Waals surface area contributed by atoms with Crippen LogP contribution in [0.4, 0.5) is 5.69 Å². The van der Waals surface area contributed by atoms with Crippen molar-refractivity contribution < 1.29 is 9.59 Å². The first-order chi connectivity index (χ1) is 12.0. The van der Waals surface area contributed by atoms with Crippen LogP contribution in [-0.2, 0) is 11.3 Å². The molecule has 2 amide bonds. The van der Waals surface area contributed by atoms with Gasteiger partial charge >= 0.3 is 0 Å². The zero-order valence-electron chi connectivity index (χ0n) is 14.2. The molecule has 0 unspecified atom stereocenters. The molecular weight excluding hydrogens is 334 g/mol. The highest BCUT2D eigenvalue weighted by Gasteiger charge is 2.10. The molecule has 5 nitrogen and oxygen atoms in total. The van der Waals surface area contributed by atoms with Crippen molar-refractivity contribution in [3.8, 4) is 0 Å². The van der Waals surface area contributed by atoms with Gasteiger partial charge in [0.1, 0.15) is 0 Å². The zero-order valence-corrected chi connectivity index (χ0v) is 15.0. The molecule has 0 radical (unpaired) electrons. The van der Waals surface area contributed by atoms with Crippen molar-refractivity contribution in [2.45, 2.75) is 20.4 Å². The third-order valence-corrected chi connectivity index (χ3v) is 3.64. The molecule has 0 heterocycles. The van der Waals surface area contributed by atoms with Crippen LogP contribution in [0.2, 0.25) is 0 Å². The van der Waals surface area contributed by atoms with Crippen LogP contribution in [0.25, 0.3) is 0 Å². The lowest BCUT2D eigenvalue weighted by atomic mass is 10.1. The molecule has 0 fully saturated rings. The smallest absolute Gasteiger partial charge is 0.251 e. The number of carbonyl (C=O) groups is 2. The van der Waals surface area contributed by atoms with E-state index < -0.39 is 0 Å². The molecule has 0 aliphatic heterocycles. The van der Waals surface area contributed by atoms with Crippen molar-refractivity contribution >= 4 is 34.8 Å². The van der Waals surface area contributed by atoms with Gasteiger partial charge < -0.3 is 16.0 Å². The maximum atomic E-state index is 12.3. The van der Waals surface area contributed by atoms with Gasteiger partial charge in [-0.1, -0.05) is 50.2 Å². The minimum absolute atomic E-state index is 0.158. The summed E-state index contributed by atoms with van der Waals surface area (Å²) < 4.78 is 0. The van der Waals surface area contributed by atoms with Gasteiger partial charge in [-0.15, -0.1) is 0 Å². The predicted molar refractivity (Wildman–Crippen MR) is 103 cm³/mol. The molecule has 0 saturated carbocycles. The minimum Gasteiger partial charge on any atom is -0.348 e. The number of anilines is 1. The molecule has 2 aromatic carbocycles. The second-order valence-electron chi connectivity index (χ2n) is 5.85. The second-order valence-corrected chi connectivity index (χ2v) is 6.26. The predicted octanol–water partition coefficient (Wildman–Crippen LogP) is 3.09. The molecule has 130 valence electrons. The van der Waals surface area contributed by atoms with E-state index in [2.05, 4.69) is 16.0 Å². The second kappa shape index (κ2) is 8.94. The fourth-order valence-electron chi connectivity index (χ4n) is 2.04. The molecule has 0 spiro atoms. The van der Waals surface area contributed by atoms with Crippen LogP contribution in [0, 0.1) is 5.92 Å². The monoisotopic (exact) mass is 355 g/mol. The number of nitrogens with one attached hydrogen (secondary N) is 3. The highest BCUT2D eigenvalue weighted by molar-refractivity contribution is 7.80. The molecule has 2 rings (SSSR count). The van der Waals surface area contributed by atoms with Crippen molar-refractivity contribution in [1.82, 2.24) is 10.6 Å². The summed E-state index contributed by atoms with van der Waals surface area (Å²) in [6, 6.07) is 16.6. The van der Waals surface area contributed by atoms with Gasteiger partial charge in [0.05, 0.1) is 0 Å². The van der Waals surface area contributed by atoms with Crippen LogP contribution in [0.3, 0.4) is 0 Å². The van der Waals surface area contributed by atoms with E-state index >= 15 is 0 Å². The normalized spacial score (nSPS) is 10.2. The van der Waals surface area contributed by atoms with Crippen LogP contribution in [-0.4, -0.2) is 16.9 Å². The first-order valence-corrected chi connectivity index (χ1v) is 8.40. The Hall–Kier alpha value is -2.73. The Balaban J connectivity index is 1.94. The summed E-state index contributed by atoms with van der Waals surface area (Å²) in [5.41, 5.74) is 2.18. The van der Waals surface area contributed by atoms with Crippen LogP contribution >= 0.6 is 12.2 Å². The summed E-state index contributed by atoms with van der Waals surface area (Å²) in [6.07, 6.45) is 0. The van der Waals surface area contributed by atoms with E-state index in [1.54, 1.807) is 38.1 Å². The number of rotatable bonds is 5. The molecule has 2 aromatic rings. The number of thiocarbonyl (C=S) groups is 1. The standard InChI is InChI=1S/C19H21N3O2S/c1-13(2)17(23)22-19(25)21-16-10-6-9-15(11-16)18(24)20-12-14-7-4-3-5-8-14/h3-11,13H,12H2,1-2H3,(H,20,24)(H2,21,22,23,25). The lowest BCUT2D eigenvalue weighted by Crippen LogP contribution is -2.36. The molecule has 3 N–H and O–H groups in total. The first-order valence-electron chi connectivity index (χ1n) is 7.99. The molecule has 0 aromatic heterocycles. The van der Waals surface area contributed by atoms with E-state index in [9.17, 15) is 9.59 Å². The quantitative estimate of drug-likeness (QED) is 0.721. The molecule has 0 bridgehead atoms. The van der Waals surface area contributed by atoms with Crippen LogP contribution in [0.1, 0.15) is 29.8 Å². The SMILES string of the molecule is CC(C)C(=O)NC(=S)Nc1cccc(C(=O)NCc2ccccc2)c1. The Labute approximate surface area is 152 Å². The van der Waals surface area contributed by atoms with Crippen molar-refractivity contribution in [2.75, 3.05) is 5.32 Å². The third kappa shape index (κ3) is 6.00.